The van der Waals surface area contributed by atoms with Gasteiger partial charge >= 0.3 is 0 Å². The van der Waals surface area contributed by atoms with Crippen molar-refractivity contribution in [3.05, 3.63) is 24.3 Å². The number of aldehydes is 1. The van der Waals surface area contributed by atoms with Crippen LogP contribution in [0.4, 0.5) is 0 Å². The molecule has 0 saturated heterocycles. The van der Waals surface area contributed by atoms with Crippen molar-refractivity contribution < 1.29 is 4.79 Å². The minimum Gasteiger partial charge on any atom is -0.299 e. The summed E-state index contributed by atoms with van der Waals surface area (Å²) in [4.78, 5) is 9.91. The Bertz CT molecular complexity index is 157. The predicted molar refractivity (Wildman–Crippen MR) is 57.7 cm³/mol. The number of hydrogen-bond acceptors (Lipinski definition) is 1. The molecule has 0 bridgehead atoms. The van der Waals surface area contributed by atoms with Gasteiger partial charge in [0.05, 0.1) is 0 Å². The molecule has 0 saturated carbocycles. The fourth-order valence-electron chi connectivity index (χ4n) is 1.09. The Hall–Kier alpha value is -0.850. The largest absolute Gasteiger partial charge is 0.299 e. The van der Waals surface area contributed by atoms with Crippen LogP contribution in [0.25, 0.3) is 0 Å². The van der Waals surface area contributed by atoms with Crippen LogP contribution in [0, 0.1) is 0 Å². The van der Waals surface area contributed by atoms with Crippen LogP contribution in [-0.4, -0.2) is 6.29 Å². The second-order valence-electron chi connectivity index (χ2n) is 3.11. The van der Waals surface area contributed by atoms with E-state index in [0.29, 0.717) is 0 Å². The van der Waals surface area contributed by atoms with E-state index in [9.17, 15) is 4.79 Å². The Morgan fingerprint density at radius 1 is 0.923 bits per heavy atom. The maximum Gasteiger partial charge on any atom is 0.142 e. The fraction of sp³-hybridized carbons (Fsp3) is 0.583. The molecule has 0 aliphatic carbocycles. The van der Waals surface area contributed by atoms with Crippen LogP contribution in [0.15, 0.2) is 24.3 Å². The first kappa shape index (κ1) is 12.2. The lowest BCUT2D eigenvalue weighted by atomic mass is 10.2. The fourth-order valence-corrected chi connectivity index (χ4v) is 1.09. The molecule has 0 atom stereocenters. The molecule has 0 amide bonds. The standard InChI is InChI=1S/C12H20O/c1-2-3-4-5-6-7-8-9-10-11-12-13/h6-7,10-12H,2-5,8-9H2,1H3/b7-6+,11-10-. The number of carbonyl (C=O) groups is 1. The molecule has 0 aromatic rings. The monoisotopic (exact) mass is 180 g/mol. The van der Waals surface area contributed by atoms with E-state index in [1.807, 2.05) is 6.08 Å². The van der Waals surface area contributed by atoms with Crippen molar-refractivity contribution in [3.63, 3.8) is 0 Å². The lowest BCUT2D eigenvalue weighted by Gasteiger charge is -1.91. The minimum absolute atomic E-state index is 0.824. The second kappa shape index (κ2) is 11.2. The number of hydrogen-bond donors (Lipinski definition) is 0. The molecule has 1 nitrogen and oxygen atoms in total. The first-order valence-electron chi connectivity index (χ1n) is 5.17. The molecular weight excluding hydrogens is 160 g/mol. The maximum absolute atomic E-state index is 9.91. The maximum atomic E-state index is 9.91. The van der Waals surface area contributed by atoms with Gasteiger partial charge in [-0.3, -0.25) is 4.79 Å². The van der Waals surface area contributed by atoms with Gasteiger partial charge in [0.15, 0.2) is 0 Å². The van der Waals surface area contributed by atoms with Crippen LogP contribution in [-0.2, 0) is 4.79 Å². The molecule has 0 fully saturated rings. The highest BCUT2D eigenvalue weighted by atomic mass is 16.1. The molecule has 0 radical (unpaired) electrons. The smallest absolute Gasteiger partial charge is 0.142 e. The van der Waals surface area contributed by atoms with Gasteiger partial charge < -0.3 is 0 Å². The highest BCUT2D eigenvalue weighted by Gasteiger charge is 1.81. The average Bonchev–Trinajstić information content (AvgIpc) is 2.16. The molecule has 1 heteroatoms. The van der Waals surface area contributed by atoms with Gasteiger partial charge in [0.25, 0.3) is 0 Å². The number of carbonyl (C=O) groups excluding carboxylic acids is 1. The van der Waals surface area contributed by atoms with Crippen LogP contribution in [0.1, 0.15) is 45.4 Å². The second-order valence-corrected chi connectivity index (χ2v) is 3.11. The first-order valence-corrected chi connectivity index (χ1v) is 5.17. The van der Waals surface area contributed by atoms with Crippen LogP contribution in [0.2, 0.25) is 0 Å². The Labute approximate surface area is 81.5 Å². The van der Waals surface area contributed by atoms with Crippen molar-refractivity contribution in [1.29, 1.82) is 0 Å². The molecule has 0 heterocycles. The van der Waals surface area contributed by atoms with Crippen LogP contribution in [0.3, 0.4) is 0 Å². The predicted octanol–water partition coefficient (Wildman–Crippen LogP) is 3.66. The van der Waals surface area contributed by atoms with Crippen LogP contribution < -0.4 is 0 Å². The summed E-state index contributed by atoms with van der Waals surface area (Å²) in [5.74, 6) is 0. The number of allylic oxidation sites excluding steroid dienone is 4. The van der Waals surface area contributed by atoms with E-state index in [-0.39, 0.29) is 0 Å². The molecule has 0 N–H and O–H groups in total. The van der Waals surface area contributed by atoms with Gasteiger partial charge in [-0.25, -0.2) is 0 Å². The van der Waals surface area contributed by atoms with E-state index in [2.05, 4.69) is 19.1 Å². The molecule has 0 rings (SSSR count). The first-order chi connectivity index (χ1) is 6.41. The summed E-state index contributed by atoms with van der Waals surface area (Å²) in [7, 11) is 0. The molecule has 0 aromatic heterocycles. The van der Waals surface area contributed by atoms with Gasteiger partial charge in [-0.2, -0.15) is 0 Å². The third kappa shape index (κ3) is 11.1. The molecule has 0 spiro atoms. The van der Waals surface area contributed by atoms with E-state index in [1.165, 1.54) is 25.7 Å². The Balaban J connectivity index is 3.12. The van der Waals surface area contributed by atoms with Crippen LogP contribution in [0.5, 0.6) is 0 Å². The van der Waals surface area contributed by atoms with E-state index in [0.717, 1.165) is 19.1 Å². The summed E-state index contributed by atoms with van der Waals surface area (Å²) in [5.41, 5.74) is 0. The van der Waals surface area contributed by atoms with Crippen molar-refractivity contribution in [3.8, 4) is 0 Å². The Kier molecular flexibility index (Phi) is 10.4. The van der Waals surface area contributed by atoms with Crippen molar-refractivity contribution in [2.45, 2.75) is 45.4 Å². The highest BCUT2D eigenvalue weighted by molar-refractivity contribution is 5.64. The zero-order chi connectivity index (χ0) is 9.78. The van der Waals surface area contributed by atoms with Gasteiger partial charge in [-0.1, -0.05) is 38.0 Å². The zero-order valence-corrected chi connectivity index (χ0v) is 8.54. The molecule has 0 unspecified atom stereocenters. The normalized spacial score (nSPS) is 11.5. The summed E-state index contributed by atoms with van der Waals surface area (Å²) in [5, 5.41) is 0. The molecule has 74 valence electrons. The van der Waals surface area contributed by atoms with Crippen molar-refractivity contribution >= 4 is 6.29 Å². The molecule has 0 aliphatic rings. The molecule has 0 aromatic carbocycles. The van der Waals surface area contributed by atoms with Gasteiger partial charge in [0, 0.05) is 0 Å². The van der Waals surface area contributed by atoms with Gasteiger partial charge in [-0.05, 0) is 31.8 Å². The lowest BCUT2D eigenvalue weighted by molar-refractivity contribution is -0.104. The Morgan fingerprint density at radius 2 is 1.62 bits per heavy atom. The summed E-state index contributed by atoms with van der Waals surface area (Å²) in [6.07, 6.45) is 15.9. The van der Waals surface area contributed by atoms with Crippen LogP contribution >= 0.6 is 0 Å². The summed E-state index contributed by atoms with van der Waals surface area (Å²) in [6, 6.07) is 0. The van der Waals surface area contributed by atoms with E-state index in [1.54, 1.807) is 6.08 Å². The summed E-state index contributed by atoms with van der Waals surface area (Å²) < 4.78 is 0. The van der Waals surface area contributed by atoms with Gasteiger partial charge in [0.1, 0.15) is 6.29 Å². The number of unbranched alkanes of at least 4 members (excludes halogenated alkanes) is 4. The summed E-state index contributed by atoms with van der Waals surface area (Å²) >= 11 is 0. The van der Waals surface area contributed by atoms with E-state index in [4.69, 9.17) is 0 Å². The summed E-state index contributed by atoms with van der Waals surface area (Å²) in [6.45, 7) is 2.22. The average molecular weight is 180 g/mol. The topological polar surface area (TPSA) is 17.1 Å². The van der Waals surface area contributed by atoms with E-state index < -0.39 is 0 Å². The lowest BCUT2D eigenvalue weighted by Crippen LogP contribution is -1.71. The van der Waals surface area contributed by atoms with Crippen molar-refractivity contribution in [2.24, 2.45) is 0 Å². The number of rotatable bonds is 8. The highest BCUT2D eigenvalue weighted by Crippen LogP contribution is 2.01. The molecular formula is C12H20O. The molecule has 13 heavy (non-hydrogen) atoms. The Morgan fingerprint density at radius 3 is 2.31 bits per heavy atom. The SMILES string of the molecule is CCCCC/C=C/CC/C=C\C=O. The zero-order valence-electron chi connectivity index (χ0n) is 8.54. The quantitative estimate of drug-likeness (QED) is 0.241. The third-order valence-corrected chi connectivity index (χ3v) is 1.86. The minimum atomic E-state index is 0.824. The molecule has 0 aliphatic heterocycles. The van der Waals surface area contributed by atoms with Gasteiger partial charge in [0.2, 0.25) is 0 Å². The van der Waals surface area contributed by atoms with Crippen molar-refractivity contribution in [2.75, 3.05) is 0 Å². The third-order valence-electron chi connectivity index (χ3n) is 1.86. The van der Waals surface area contributed by atoms with E-state index >= 15 is 0 Å². The van der Waals surface area contributed by atoms with Crippen molar-refractivity contribution in [1.82, 2.24) is 0 Å². The van der Waals surface area contributed by atoms with Gasteiger partial charge in [-0.15, -0.1) is 0 Å².